The van der Waals surface area contributed by atoms with Crippen LogP contribution in [0.15, 0.2) is 42.5 Å². The van der Waals surface area contributed by atoms with Gasteiger partial charge in [-0.1, -0.05) is 26.3 Å². The van der Waals surface area contributed by atoms with Crippen molar-refractivity contribution in [1.82, 2.24) is 4.57 Å². The Morgan fingerprint density at radius 2 is 1.76 bits per heavy atom. The first-order valence-corrected chi connectivity index (χ1v) is 10.6. The van der Waals surface area contributed by atoms with Crippen LogP contribution in [0.25, 0.3) is 16.6 Å². The van der Waals surface area contributed by atoms with Gasteiger partial charge in [0, 0.05) is 27.7 Å². The standard InChI is InChI=1S/C25H26FNO2/c1-23(2)15-29-25(13-24(14-25)11-4-12-24)21-20-18(5-3-6-19(20)28)27(22(21)23)17-9-7-16(26)8-10-17/h3,5-10,28H,4,11-15H2,1-2H3. The van der Waals surface area contributed by atoms with E-state index in [0.717, 1.165) is 35.0 Å². The van der Waals surface area contributed by atoms with Crippen LogP contribution in [0, 0.1) is 11.2 Å². The van der Waals surface area contributed by atoms with E-state index in [-0.39, 0.29) is 16.8 Å². The molecule has 0 amide bonds. The number of halogens is 1. The van der Waals surface area contributed by atoms with Crippen molar-refractivity contribution in [2.45, 2.75) is 57.0 Å². The van der Waals surface area contributed by atoms with Gasteiger partial charge in [0.05, 0.1) is 17.7 Å². The first-order chi connectivity index (χ1) is 13.8. The van der Waals surface area contributed by atoms with E-state index in [0.29, 0.717) is 17.8 Å². The van der Waals surface area contributed by atoms with E-state index < -0.39 is 0 Å². The highest BCUT2D eigenvalue weighted by Crippen LogP contribution is 2.69. The molecule has 6 rings (SSSR count). The van der Waals surface area contributed by atoms with Crippen molar-refractivity contribution >= 4 is 10.9 Å². The summed E-state index contributed by atoms with van der Waals surface area (Å²) in [4.78, 5) is 0. The molecule has 2 heterocycles. The number of hydrogen-bond acceptors (Lipinski definition) is 2. The number of ether oxygens (including phenoxy) is 1. The average molecular weight is 391 g/mol. The fourth-order valence-corrected chi connectivity index (χ4v) is 6.19. The molecule has 2 fully saturated rings. The maximum absolute atomic E-state index is 13.6. The first kappa shape index (κ1) is 17.5. The van der Waals surface area contributed by atoms with E-state index in [9.17, 15) is 9.50 Å². The zero-order valence-corrected chi connectivity index (χ0v) is 17.0. The maximum atomic E-state index is 13.6. The van der Waals surface area contributed by atoms with Crippen LogP contribution in [-0.2, 0) is 15.8 Å². The zero-order chi connectivity index (χ0) is 20.0. The normalized spacial score (nSPS) is 26.3. The van der Waals surface area contributed by atoms with Gasteiger partial charge in [-0.2, -0.15) is 0 Å². The predicted molar refractivity (Wildman–Crippen MR) is 111 cm³/mol. The molecule has 29 heavy (non-hydrogen) atoms. The summed E-state index contributed by atoms with van der Waals surface area (Å²) in [6.45, 7) is 5.05. The van der Waals surface area contributed by atoms with Crippen LogP contribution < -0.4 is 0 Å². The Morgan fingerprint density at radius 1 is 1.03 bits per heavy atom. The van der Waals surface area contributed by atoms with Gasteiger partial charge in [0.15, 0.2) is 0 Å². The highest BCUT2D eigenvalue weighted by atomic mass is 19.1. The van der Waals surface area contributed by atoms with E-state index in [1.807, 2.05) is 18.2 Å². The van der Waals surface area contributed by atoms with Crippen molar-refractivity contribution in [3.63, 3.8) is 0 Å². The lowest BCUT2D eigenvalue weighted by molar-refractivity contribution is -0.217. The van der Waals surface area contributed by atoms with E-state index in [1.54, 1.807) is 6.07 Å². The second kappa shape index (κ2) is 5.42. The molecule has 2 spiro atoms. The predicted octanol–water partition coefficient (Wildman–Crippen LogP) is 5.94. The molecule has 0 bridgehead atoms. The maximum Gasteiger partial charge on any atom is 0.125 e. The lowest BCUT2D eigenvalue weighted by atomic mass is 9.47. The zero-order valence-electron chi connectivity index (χ0n) is 17.0. The number of rotatable bonds is 1. The van der Waals surface area contributed by atoms with Gasteiger partial charge in [-0.25, -0.2) is 4.39 Å². The molecule has 150 valence electrons. The first-order valence-electron chi connectivity index (χ1n) is 10.6. The third-order valence-electron chi connectivity index (χ3n) is 7.60. The summed E-state index contributed by atoms with van der Waals surface area (Å²) < 4.78 is 22.5. The van der Waals surface area contributed by atoms with E-state index in [4.69, 9.17) is 4.74 Å². The number of aromatic hydroxyl groups is 1. The summed E-state index contributed by atoms with van der Waals surface area (Å²) in [5.41, 5.74) is 4.15. The molecule has 0 unspecified atom stereocenters. The molecule has 4 heteroatoms. The second-order valence-electron chi connectivity index (χ2n) is 10.1. The van der Waals surface area contributed by atoms with Gasteiger partial charge in [0.1, 0.15) is 11.6 Å². The van der Waals surface area contributed by atoms with Crippen LogP contribution in [0.1, 0.15) is 57.2 Å². The number of fused-ring (bicyclic) bond motifs is 4. The molecule has 0 radical (unpaired) electrons. The van der Waals surface area contributed by atoms with Crippen LogP contribution in [0.3, 0.4) is 0 Å². The molecule has 2 aliphatic carbocycles. The molecule has 0 saturated heterocycles. The number of benzene rings is 2. The molecule has 0 atom stereocenters. The molecule has 1 aromatic heterocycles. The van der Waals surface area contributed by atoms with Crippen molar-refractivity contribution in [2.75, 3.05) is 6.61 Å². The largest absolute Gasteiger partial charge is 0.507 e. The Bertz CT molecular complexity index is 1130. The summed E-state index contributed by atoms with van der Waals surface area (Å²) in [5, 5.41) is 11.8. The summed E-state index contributed by atoms with van der Waals surface area (Å²) in [6, 6.07) is 12.4. The fourth-order valence-electron chi connectivity index (χ4n) is 6.19. The summed E-state index contributed by atoms with van der Waals surface area (Å²) in [5.74, 6) is 0.0572. The van der Waals surface area contributed by atoms with Crippen molar-refractivity contribution in [3.05, 3.63) is 59.5 Å². The Morgan fingerprint density at radius 3 is 2.41 bits per heavy atom. The fraction of sp³-hybridized carbons (Fsp3) is 0.440. The minimum Gasteiger partial charge on any atom is -0.507 e. The third-order valence-corrected chi connectivity index (χ3v) is 7.60. The minimum absolute atomic E-state index is 0.219. The monoisotopic (exact) mass is 391 g/mol. The molecular weight excluding hydrogens is 365 g/mol. The number of aromatic nitrogens is 1. The Balaban J connectivity index is 1.68. The van der Waals surface area contributed by atoms with Crippen molar-refractivity contribution < 1.29 is 14.2 Å². The average Bonchev–Trinajstić information content (AvgIpc) is 2.98. The number of phenols is 1. The highest BCUT2D eigenvalue weighted by Gasteiger charge is 2.62. The summed E-state index contributed by atoms with van der Waals surface area (Å²) in [6.07, 6.45) is 5.98. The van der Waals surface area contributed by atoms with Crippen molar-refractivity contribution in [3.8, 4) is 11.4 Å². The van der Waals surface area contributed by atoms with Crippen LogP contribution >= 0.6 is 0 Å². The lowest BCUT2D eigenvalue weighted by Gasteiger charge is -2.63. The summed E-state index contributed by atoms with van der Waals surface area (Å²) in [7, 11) is 0. The smallest absolute Gasteiger partial charge is 0.125 e. The molecule has 2 aromatic carbocycles. The second-order valence-corrected chi connectivity index (χ2v) is 10.1. The van der Waals surface area contributed by atoms with Crippen LogP contribution in [0.5, 0.6) is 5.75 Å². The Labute approximate surface area is 170 Å². The topological polar surface area (TPSA) is 34.4 Å². The Kier molecular flexibility index (Phi) is 3.28. The van der Waals surface area contributed by atoms with E-state index >= 15 is 0 Å². The van der Waals surface area contributed by atoms with Gasteiger partial charge in [0.25, 0.3) is 0 Å². The minimum atomic E-state index is -0.312. The molecule has 1 aliphatic heterocycles. The molecule has 1 N–H and O–H groups in total. The lowest BCUT2D eigenvalue weighted by Crippen LogP contribution is -2.58. The molecular formula is C25H26FNO2. The molecule has 3 aliphatic rings. The van der Waals surface area contributed by atoms with Gasteiger partial charge in [0.2, 0.25) is 0 Å². The number of phenolic OH excluding ortho intramolecular Hbond substituents is 1. The van der Waals surface area contributed by atoms with Gasteiger partial charge in [-0.05, 0) is 67.5 Å². The van der Waals surface area contributed by atoms with Gasteiger partial charge >= 0.3 is 0 Å². The van der Waals surface area contributed by atoms with Crippen molar-refractivity contribution in [2.24, 2.45) is 5.41 Å². The van der Waals surface area contributed by atoms with Crippen LogP contribution in [-0.4, -0.2) is 16.3 Å². The van der Waals surface area contributed by atoms with Gasteiger partial charge < -0.3 is 14.4 Å². The quantitative estimate of drug-likeness (QED) is 0.557. The number of hydrogen-bond donors (Lipinski definition) is 1. The van der Waals surface area contributed by atoms with Gasteiger partial charge in [-0.15, -0.1) is 0 Å². The van der Waals surface area contributed by atoms with Crippen molar-refractivity contribution in [1.29, 1.82) is 0 Å². The van der Waals surface area contributed by atoms with Gasteiger partial charge in [-0.3, -0.25) is 0 Å². The van der Waals surface area contributed by atoms with Crippen LogP contribution in [0.4, 0.5) is 4.39 Å². The van der Waals surface area contributed by atoms with E-state index in [2.05, 4.69) is 24.5 Å². The number of nitrogens with zero attached hydrogens (tertiary/aromatic N) is 1. The van der Waals surface area contributed by atoms with E-state index in [1.165, 1.54) is 37.1 Å². The molecule has 2 saturated carbocycles. The highest BCUT2D eigenvalue weighted by molar-refractivity contribution is 5.94. The molecule has 3 aromatic rings. The summed E-state index contributed by atoms with van der Waals surface area (Å²) >= 11 is 0. The Hall–Kier alpha value is -2.33. The van der Waals surface area contributed by atoms with Crippen LogP contribution in [0.2, 0.25) is 0 Å². The SMILES string of the molecule is CC1(C)COC2(CC3(CCC3)C2)c2c1n(-c1ccc(F)cc1)c1cccc(O)c21. The molecule has 3 nitrogen and oxygen atoms in total. The third kappa shape index (κ3) is 2.21.